The first-order valence-electron chi connectivity index (χ1n) is 7.36. The molecule has 1 aromatic rings. The van der Waals surface area contributed by atoms with Crippen molar-refractivity contribution < 1.29 is 4.79 Å². The number of amides is 1. The molecule has 0 unspecified atom stereocenters. The maximum absolute atomic E-state index is 12.7. The quantitative estimate of drug-likeness (QED) is 0.907. The highest BCUT2D eigenvalue weighted by Gasteiger charge is 2.29. The Kier molecular flexibility index (Phi) is 4.86. The minimum absolute atomic E-state index is 0.0464. The van der Waals surface area contributed by atoms with Crippen LogP contribution in [0.5, 0.6) is 0 Å². The number of anilines is 2. The van der Waals surface area contributed by atoms with Crippen molar-refractivity contribution in [3.63, 3.8) is 0 Å². The standard InChI is InChI=1S/C14H24N4OS/c1-4-17(3)14-16-12(15)11(20-14)13(19)18(5-2)10-8-6-7-9-10/h10H,4-9,15H2,1-3H3. The third-order valence-corrected chi connectivity index (χ3v) is 5.18. The zero-order valence-electron chi connectivity index (χ0n) is 12.6. The number of hydrogen-bond acceptors (Lipinski definition) is 5. The zero-order chi connectivity index (χ0) is 14.7. The van der Waals surface area contributed by atoms with E-state index in [1.54, 1.807) is 0 Å². The largest absolute Gasteiger partial charge is 0.382 e. The Morgan fingerprint density at radius 2 is 2.00 bits per heavy atom. The van der Waals surface area contributed by atoms with Crippen LogP contribution in [0.1, 0.15) is 49.2 Å². The van der Waals surface area contributed by atoms with Crippen LogP contribution >= 0.6 is 11.3 Å². The van der Waals surface area contributed by atoms with Gasteiger partial charge >= 0.3 is 0 Å². The first-order chi connectivity index (χ1) is 9.58. The maximum Gasteiger partial charge on any atom is 0.268 e. The number of carbonyl (C=O) groups excluding carboxylic acids is 1. The summed E-state index contributed by atoms with van der Waals surface area (Å²) in [6, 6.07) is 0.376. The first kappa shape index (κ1) is 15.1. The summed E-state index contributed by atoms with van der Waals surface area (Å²) in [4.78, 5) is 21.6. The van der Waals surface area contributed by atoms with Gasteiger partial charge in [-0.3, -0.25) is 4.79 Å². The molecule has 112 valence electrons. The van der Waals surface area contributed by atoms with E-state index in [9.17, 15) is 4.79 Å². The lowest BCUT2D eigenvalue weighted by Gasteiger charge is -2.27. The molecule has 1 heterocycles. The minimum Gasteiger partial charge on any atom is -0.382 e. The van der Waals surface area contributed by atoms with Gasteiger partial charge in [0, 0.05) is 26.2 Å². The van der Waals surface area contributed by atoms with Gasteiger partial charge in [0.15, 0.2) is 5.13 Å². The molecule has 5 nitrogen and oxygen atoms in total. The molecule has 2 N–H and O–H groups in total. The Labute approximate surface area is 124 Å². The topological polar surface area (TPSA) is 62.5 Å². The molecule has 0 aliphatic heterocycles. The van der Waals surface area contributed by atoms with Gasteiger partial charge in [0.25, 0.3) is 5.91 Å². The molecule has 20 heavy (non-hydrogen) atoms. The molecule has 0 spiro atoms. The van der Waals surface area contributed by atoms with E-state index in [1.807, 2.05) is 23.8 Å². The highest BCUT2D eigenvalue weighted by Crippen LogP contribution is 2.31. The monoisotopic (exact) mass is 296 g/mol. The van der Waals surface area contributed by atoms with Crippen molar-refractivity contribution in [2.45, 2.75) is 45.6 Å². The van der Waals surface area contributed by atoms with Gasteiger partial charge in [-0.2, -0.15) is 0 Å². The number of rotatable bonds is 5. The van der Waals surface area contributed by atoms with Crippen molar-refractivity contribution in [1.29, 1.82) is 0 Å². The molecule has 1 aliphatic rings. The predicted molar refractivity (Wildman–Crippen MR) is 84.4 cm³/mol. The summed E-state index contributed by atoms with van der Waals surface area (Å²) >= 11 is 1.40. The van der Waals surface area contributed by atoms with Gasteiger partial charge in [-0.1, -0.05) is 24.2 Å². The Hall–Kier alpha value is -1.30. The molecule has 1 amide bonds. The molecule has 0 saturated heterocycles. The third-order valence-electron chi connectivity index (χ3n) is 4.00. The zero-order valence-corrected chi connectivity index (χ0v) is 13.4. The van der Waals surface area contributed by atoms with E-state index in [-0.39, 0.29) is 5.91 Å². The smallest absolute Gasteiger partial charge is 0.268 e. The number of carbonyl (C=O) groups is 1. The fourth-order valence-electron chi connectivity index (χ4n) is 2.69. The second-order valence-electron chi connectivity index (χ2n) is 5.25. The van der Waals surface area contributed by atoms with Crippen LogP contribution in [0.15, 0.2) is 0 Å². The fourth-order valence-corrected chi connectivity index (χ4v) is 3.65. The van der Waals surface area contributed by atoms with E-state index in [0.29, 0.717) is 16.7 Å². The second-order valence-corrected chi connectivity index (χ2v) is 6.23. The molecule has 1 aliphatic carbocycles. The molecule has 0 atom stereocenters. The van der Waals surface area contributed by atoms with E-state index in [4.69, 9.17) is 5.73 Å². The van der Waals surface area contributed by atoms with Crippen LogP contribution in [0.2, 0.25) is 0 Å². The highest BCUT2D eigenvalue weighted by atomic mass is 32.1. The molecule has 1 aromatic heterocycles. The van der Waals surface area contributed by atoms with Gasteiger partial charge in [0.1, 0.15) is 10.7 Å². The van der Waals surface area contributed by atoms with Gasteiger partial charge < -0.3 is 15.5 Å². The molecule has 1 fully saturated rings. The molecule has 0 radical (unpaired) electrons. The van der Waals surface area contributed by atoms with E-state index in [1.165, 1.54) is 24.2 Å². The van der Waals surface area contributed by atoms with Crippen molar-refractivity contribution in [3.05, 3.63) is 4.88 Å². The number of nitrogens with two attached hydrogens (primary N) is 1. The molecular formula is C14H24N4OS. The van der Waals surface area contributed by atoms with Crippen molar-refractivity contribution in [2.24, 2.45) is 0 Å². The molecule has 6 heteroatoms. The van der Waals surface area contributed by atoms with Gasteiger partial charge in [-0.25, -0.2) is 4.98 Å². The van der Waals surface area contributed by atoms with Crippen molar-refractivity contribution >= 4 is 28.2 Å². The summed E-state index contributed by atoms with van der Waals surface area (Å²) in [6.07, 6.45) is 4.66. The van der Waals surface area contributed by atoms with Gasteiger partial charge in [0.05, 0.1) is 0 Å². The predicted octanol–water partition coefficient (Wildman–Crippen LogP) is 2.59. The average molecular weight is 296 g/mol. The van der Waals surface area contributed by atoms with Crippen LogP contribution in [-0.4, -0.2) is 42.0 Å². The first-order valence-corrected chi connectivity index (χ1v) is 8.18. The van der Waals surface area contributed by atoms with Crippen molar-refractivity contribution in [3.8, 4) is 0 Å². The number of thiazole rings is 1. The Balaban J connectivity index is 2.20. The van der Waals surface area contributed by atoms with Crippen LogP contribution in [0.25, 0.3) is 0 Å². The number of hydrogen-bond donors (Lipinski definition) is 1. The molecule has 0 bridgehead atoms. The van der Waals surface area contributed by atoms with E-state index < -0.39 is 0 Å². The number of aromatic nitrogens is 1. The van der Waals surface area contributed by atoms with E-state index >= 15 is 0 Å². The summed E-state index contributed by atoms with van der Waals surface area (Å²) in [5.41, 5.74) is 5.95. The molecule has 1 saturated carbocycles. The average Bonchev–Trinajstić information content (AvgIpc) is 3.08. The van der Waals surface area contributed by atoms with Gasteiger partial charge in [-0.15, -0.1) is 0 Å². The lowest BCUT2D eigenvalue weighted by atomic mass is 10.2. The summed E-state index contributed by atoms with van der Waals surface area (Å²) in [7, 11) is 1.96. The van der Waals surface area contributed by atoms with Crippen LogP contribution in [0.3, 0.4) is 0 Å². The molecular weight excluding hydrogens is 272 g/mol. The fraction of sp³-hybridized carbons (Fsp3) is 0.714. The Morgan fingerprint density at radius 1 is 1.35 bits per heavy atom. The summed E-state index contributed by atoms with van der Waals surface area (Å²) in [5, 5.41) is 0.816. The van der Waals surface area contributed by atoms with Crippen molar-refractivity contribution in [2.75, 3.05) is 30.8 Å². The van der Waals surface area contributed by atoms with Gasteiger partial charge in [-0.05, 0) is 26.7 Å². The lowest BCUT2D eigenvalue weighted by molar-refractivity contribution is 0.0699. The molecule has 0 aromatic carbocycles. The van der Waals surface area contributed by atoms with Crippen LogP contribution in [-0.2, 0) is 0 Å². The highest BCUT2D eigenvalue weighted by molar-refractivity contribution is 7.18. The second kappa shape index (κ2) is 6.43. The van der Waals surface area contributed by atoms with Crippen LogP contribution in [0.4, 0.5) is 10.9 Å². The summed E-state index contributed by atoms with van der Waals surface area (Å²) < 4.78 is 0. The lowest BCUT2D eigenvalue weighted by Crippen LogP contribution is -2.38. The number of nitrogen functional groups attached to an aromatic ring is 1. The van der Waals surface area contributed by atoms with Crippen LogP contribution < -0.4 is 10.6 Å². The Bertz CT molecular complexity index is 468. The SMILES string of the molecule is CCN(C)c1nc(N)c(C(=O)N(CC)C2CCCC2)s1. The van der Waals surface area contributed by atoms with E-state index in [2.05, 4.69) is 11.9 Å². The van der Waals surface area contributed by atoms with Crippen LogP contribution in [0, 0.1) is 0 Å². The summed E-state index contributed by atoms with van der Waals surface area (Å²) in [6.45, 7) is 5.67. The third kappa shape index (κ3) is 2.90. The maximum atomic E-state index is 12.7. The minimum atomic E-state index is 0.0464. The van der Waals surface area contributed by atoms with Gasteiger partial charge in [0.2, 0.25) is 0 Å². The van der Waals surface area contributed by atoms with Crippen molar-refractivity contribution in [1.82, 2.24) is 9.88 Å². The normalized spacial score (nSPS) is 15.6. The Morgan fingerprint density at radius 3 is 2.55 bits per heavy atom. The summed E-state index contributed by atoms with van der Waals surface area (Å²) in [5.74, 6) is 0.414. The number of nitrogens with zero attached hydrogens (tertiary/aromatic N) is 3. The van der Waals surface area contributed by atoms with E-state index in [0.717, 1.165) is 31.1 Å². The molecule has 2 rings (SSSR count).